The average molecular weight is 422 g/mol. The first-order valence-corrected chi connectivity index (χ1v) is 10.9. The molecule has 28 heavy (non-hydrogen) atoms. The summed E-state index contributed by atoms with van der Waals surface area (Å²) in [5.41, 5.74) is 1.70. The predicted molar refractivity (Wildman–Crippen MR) is 110 cm³/mol. The lowest BCUT2D eigenvalue weighted by Gasteiger charge is -2.34. The van der Waals surface area contributed by atoms with Gasteiger partial charge in [0.05, 0.1) is 4.90 Å². The van der Waals surface area contributed by atoms with Crippen LogP contribution in [0.2, 0.25) is 5.02 Å². The van der Waals surface area contributed by atoms with Gasteiger partial charge >= 0.3 is 0 Å². The summed E-state index contributed by atoms with van der Waals surface area (Å²) in [6.45, 7) is 3.70. The van der Waals surface area contributed by atoms with Gasteiger partial charge < -0.3 is 4.90 Å². The van der Waals surface area contributed by atoms with E-state index >= 15 is 0 Å². The fourth-order valence-electron chi connectivity index (χ4n) is 3.12. The molecule has 150 valence electrons. The molecule has 0 bridgehead atoms. The average Bonchev–Trinajstić information content (AvgIpc) is 2.70. The smallest absolute Gasteiger partial charge is 0.253 e. The van der Waals surface area contributed by atoms with Crippen LogP contribution in [0.3, 0.4) is 0 Å². The Morgan fingerprint density at radius 1 is 0.964 bits per heavy atom. The van der Waals surface area contributed by atoms with Gasteiger partial charge in [-0.15, -0.1) is 0 Å². The Bertz CT molecular complexity index is 920. The Hall–Kier alpha value is -1.93. The first-order valence-electron chi connectivity index (χ1n) is 9.06. The van der Waals surface area contributed by atoms with E-state index in [2.05, 4.69) is 4.90 Å². The minimum Gasteiger partial charge on any atom is -0.336 e. The quantitative estimate of drug-likeness (QED) is 0.744. The lowest BCUT2D eigenvalue weighted by atomic mass is 10.1. The van der Waals surface area contributed by atoms with Crippen molar-refractivity contribution < 1.29 is 13.2 Å². The number of sulfonamides is 1. The highest BCUT2D eigenvalue weighted by Gasteiger charge is 2.23. The Morgan fingerprint density at radius 3 is 2.07 bits per heavy atom. The van der Waals surface area contributed by atoms with Crippen molar-refractivity contribution in [1.29, 1.82) is 0 Å². The minimum atomic E-state index is -3.49. The van der Waals surface area contributed by atoms with Gasteiger partial charge in [0.2, 0.25) is 10.0 Å². The maximum absolute atomic E-state index is 12.7. The van der Waals surface area contributed by atoms with Gasteiger partial charge in [0.1, 0.15) is 0 Å². The number of benzene rings is 2. The minimum absolute atomic E-state index is 0.0695. The predicted octanol–water partition coefficient (Wildman–Crippen LogP) is 2.55. The second-order valence-corrected chi connectivity index (χ2v) is 9.59. The highest BCUT2D eigenvalue weighted by atomic mass is 35.5. The maximum Gasteiger partial charge on any atom is 0.253 e. The Balaban J connectivity index is 1.58. The zero-order valence-electron chi connectivity index (χ0n) is 16.0. The topological polar surface area (TPSA) is 60.9 Å². The van der Waals surface area contributed by atoms with Gasteiger partial charge in [-0.3, -0.25) is 9.69 Å². The van der Waals surface area contributed by atoms with Crippen LogP contribution < -0.4 is 0 Å². The maximum atomic E-state index is 12.7. The summed E-state index contributed by atoms with van der Waals surface area (Å²) in [5.74, 6) is -0.0695. The molecule has 2 aromatic rings. The highest BCUT2D eigenvalue weighted by Crippen LogP contribution is 2.17. The summed E-state index contributed by atoms with van der Waals surface area (Å²) in [7, 11) is -0.522. The van der Waals surface area contributed by atoms with Crippen LogP contribution in [-0.2, 0) is 16.6 Å². The van der Waals surface area contributed by atoms with Crippen molar-refractivity contribution in [3.05, 3.63) is 64.7 Å². The summed E-state index contributed by atoms with van der Waals surface area (Å²) >= 11 is 5.92. The third-order valence-electron chi connectivity index (χ3n) is 4.86. The molecule has 0 radical (unpaired) electrons. The number of halogens is 1. The third-order valence-corrected chi connectivity index (χ3v) is 6.94. The van der Waals surface area contributed by atoms with Gasteiger partial charge in [0.25, 0.3) is 5.91 Å². The van der Waals surface area contributed by atoms with E-state index in [1.54, 1.807) is 12.1 Å². The van der Waals surface area contributed by atoms with Gasteiger partial charge in [-0.25, -0.2) is 12.7 Å². The monoisotopic (exact) mass is 421 g/mol. The van der Waals surface area contributed by atoms with Crippen LogP contribution in [0, 0.1) is 0 Å². The summed E-state index contributed by atoms with van der Waals surface area (Å²) in [5, 5.41) is 0.726. The van der Waals surface area contributed by atoms with E-state index in [1.807, 2.05) is 29.2 Å². The number of rotatable bonds is 5. The fourth-order valence-corrected chi connectivity index (χ4v) is 4.15. The summed E-state index contributed by atoms with van der Waals surface area (Å²) in [4.78, 5) is 17.0. The first kappa shape index (κ1) is 20.8. The van der Waals surface area contributed by atoms with E-state index in [0.717, 1.165) is 29.0 Å². The Kier molecular flexibility index (Phi) is 6.40. The lowest BCUT2D eigenvalue weighted by molar-refractivity contribution is 0.0628. The zero-order chi connectivity index (χ0) is 20.3. The molecule has 1 amide bonds. The molecule has 0 spiro atoms. The molecule has 2 aromatic carbocycles. The number of carbonyl (C=O) groups is 1. The number of amides is 1. The molecule has 1 aliphatic heterocycles. The molecule has 1 heterocycles. The van der Waals surface area contributed by atoms with Crippen LogP contribution in [0.1, 0.15) is 15.9 Å². The lowest BCUT2D eigenvalue weighted by Crippen LogP contribution is -2.48. The normalized spacial score (nSPS) is 15.8. The van der Waals surface area contributed by atoms with Crippen molar-refractivity contribution in [3.63, 3.8) is 0 Å². The summed E-state index contributed by atoms with van der Waals surface area (Å²) in [6, 6.07) is 13.9. The van der Waals surface area contributed by atoms with E-state index < -0.39 is 10.0 Å². The molecule has 0 saturated carbocycles. The Labute approximate surface area is 171 Å². The van der Waals surface area contributed by atoms with Crippen LogP contribution in [0.4, 0.5) is 0 Å². The van der Waals surface area contributed by atoms with Crippen molar-refractivity contribution in [2.75, 3.05) is 40.3 Å². The molecular weight excluding hydrogens is 398 g/mol. The van der Waals surface area contributed by atoms with Crippen molar-refractivity contribution in [3.8, 4) is 0 Å². The van der Waals surface area contributed by atoms with Crippen LogP contribution in [-0.4, -0.2) is 68.7 Å². The number of carbonyl (C=O) groups excluding carboxylic acids is 1. The molecule has 1 fully saturated rings. The number of nitrogens with zero attached hydrogens (tertiary/aromatic N) is 3. The van der Waals surface area contributed by atoms with Crippen LogP contribution >= 0.6 is 11.6 Å². The molecule has 0 aliphatic carbocycles. The second-order valence-electron chi connectivity index (χ2n) is 7.01. The first-order chi connectivity index (χ1) is 13.3. The second kappa shape index (κ2) is 8.61. The number of hydrogen-bond donors (Lipinski definition) is 0. The van der Waals surface area contributed by atoms with Crippen molar-refractivity contribution in [1.82, 2.24) is 14.1 Å². The molecule has 0 unspecified atom stereocenters. The van der Waals surface area contributed by atoms with Gasteiger partial charge in [0, 0.05) is 57.4 Å². The fraction of sp³-hybridized carbons (Fsp3) is 0.350. The van der Waals surface area contributed by atoms with Crippen LogP contribution in [0.5, 0.6) is 0 Å². The molecule has 1 aliphatic rings. The largest absolute Gasteiger partial charge is 0.336 e. The molecule has 6 nitrogen and oxygen atoms in total. The third kappa shape index (κ3) is 4.72. The molecule has 3 rings (SSSR count). The molecule has 0 N–H and O–H groups in total. The Morgan fingerprint density at radius 2 is 1.54 bits per heavy atom. The van der Waals surface area contributed by atoms with Crippen molar-refractivity contribution in [2.24, 2.45) is 0 Å². The van der Waals surface area contributed by atoms with Gasteiger partial charge in [-0.2, -0.15) is 0 Å². The van der Waals surface area contributed by atoms with E-state index in [1.165, 1.54) is 31.8 Å². The van der Waals surface area contributed by atoms with Crippen molar-refractivity contribution >= 4 is 27.5 Å². The van der Waals surface area contributed by atoms with Crippen LogP contribution in [0.25, 0.3) is 0 Å². The number of hydrogen-bond acceptors (Lipinski definition) is 4. The van der Waals surface area contributed by atoms with Gasteiger partial charge in [-0.05, 0) is 42.0 Å². The summed E-state index contributed by atoms with van der Waals surface area (Å²) < 4.78 is 25.4. The van der Waals surface area contributed by atoms with E-state index in [0.29, 0.717) is 18.7 Å². The van der Waals surface area contributed by atoms with E-state index in [9.17, 15) is 13.2 Å². The van der Waals surface area contributed by atoms with Crippen molar-refractivity contribution in [2.45, 2.75) is 11.4 Å². The van der Waals surface area contributed by atoms with E-state index in [4.69, 9.17) is 11.6 Å². The molecule has 0 atom stereocenters. The number of piperazine rings is 1. The standard InChI is InChI=1S/C20H24ClN3O3S/c1-22(2)28(26,27)19-9-5-17(6-10-19)20(25)24-13-11-23(12-14-24)15-16-3-7-18(21)8-4-16/h3-10H,11-15H2,1-2H3. The molecule has 0 aromatic heterocycles. The highest BCUT2D eigenvalue weighted by molar-refractivity contribution is 7.89. The zero-order valence-corrected chi connectivity index (χ0v) is 17.6. The SMILES string of the molecule is CN(C)S(=O)(=O)c1ccc(C(=O)N2CCN(Cc3ccc(Cl)cc3)CC2)cc1. The van der Waals surface area contributed by atoms with Gasteiger partial charge in [0.15, 0.2) is 0 Å². The van der Waals surface area contributed by atoms with Crippen LogP contribution in [0.15, 0.2) is 53.4 Å². The summed E-state index contributed by atoms with van der Waals surface area (Å²) in [6.07, 6.45) is 0. The van der Waals surface area contributed by atoms with E-state index in [-0.39, 0.29) is 10.8 Å². The molecular formula is C20H24ClN3O3S. The van der Waals surface area contributed by atoms with Gasteiger partial charge in [-0.1, -0.05) is 23.7 Å². The molecule has 1 saturated heterocycles. The molecule has 8 heteroatoms.